The zero-order valence-corrected chi connectivity index (χ0v) is 12.6. The van der Waals surface area contributed by atoms with E-state index < -0.39 is 11.6 Å². The molecule has 4 nitrogen and oxygen atoms in total. The molecule has 2 fully saturated rings. The molecule has 0 saturated heterocycles. The van der Waals surface area contributed by atoms with E-state index in [1.54, 1.807) is 0 Å². The lowest BCUT2D eigenvalue weighted by Crippen LogP contribution is -2.58. The van der Waals surface area contributed by atoms with Gasteiger partial charge in [0.15, 0.2) is 5.78 Å². The molecule has 4 heteroatoms. The first-order chi connectivity index (χ1) is 8.58. The normalized spacial score (nSPS) is 32.5. The number of fused-ring (bicyclic) bond motifs is 2. The number of ketones is 1. The van der Waals surface area contributed by atoms with Crippen molar-refractivity contribution in [2.24, 2.45) is 16.7 Å². The number of hydrogen-bond acceptors (Lipinski definition) is 3. The van der Waals surface area contributed by atoms with Crippen LogP contribution in [-0.2, 0) is 9.53 Å². The Morgan fingerprint density at radius 3 is 2.47 bits per heavy atom. The largest absolute Gasteiger partial charge is 0.449 e. The molecule has 0 heterocycles. The lowest BCUT2D eigenvalue weighted by Gasteiger charge is -2.37. The van der Waals surface area contributed by atoms with Crippen LogP contribution in [-0.4, -0.2) is 24.0 Å². The van der Waals surface area contributed by atoms with Gasteiger partial charge in [0.2, 0.25) is 0 Å². The fraction of sp³-hybridized carbons (Fsp3) is 0.867. The summed E-state index contributed by atoms with van der Waals surface area (Å²) >= 11 is 0. The van der Waals surface area contributed by atoms with E-state index in [4.69, 9.17) is 4.74 Å². The van der Waals surface area contributed by atoms with Gasteiger partial charge >= 0.3 is 6.09 Å². The highest BCUT2D eigenvalue weighted by Gasteiger charge is 2.65. The molecule has 0 aromatic rings. The van der Waals surface area contributed by atoms with Gasteiger partial charge in [0.25, 0.3) is 0 Å². The summed E-state index contributed by atoms with van der Waals surface area (Å²) in [5.74, 6) is 0.560. The quantitative estimate of drug-likeness (QED) is 0.837. The van der Waals surface area contributed by atoms with E-state index in [1.807, 2.05) is 20.8 Å². The first kappa shape index (κ1) is 14.4. The summed E-state index contributed by atoms with van der Waals surface area (Å²) in [6, 6.07) is 0. The smallest absolute Gasteiger partial charge is 0.407 e. The molecule has 0 aliphatic heterocycles. The average Bonchev–Trinajstić information content (AvgIpc) is 2.59. The number of amides is 1. The Morgan fingerprint density at radius 2 is 2.05 bits per heavy atom. The van der Waals surface area contributed by atoms with Gasteiger partial charge in [-0.25, -0.2) is 4.79 Å². The highest BCUT2D eigenvalue weighted by atomic mass is 16.5. The van der Waals surface area contributed by atoms with Crippen LogP contribution in [0.4, 0.5) is 4.79 Å². The zero-order valence-electron chi connectivity index (χ0n) is 12.6. The Labute approximate surface area is 115 Å². The van der Waals surface area contributed by atoms with Crippen LogP contribution in [0.25, 0.3) is 0 Å². The fourth-order valence-electron chi connectivity index (χ4n) is 3.46. The van der Waals surface area contributed by atoms with E-state index in [9.17, 15) is 9.59 Å². The summed E-state index contributed by atoms with van der Waals surface area (Å²) in [5.41, 5.74) is -0.931. The van der Waals surface area contributed by atoms with Crippen molar-refractivity contribution in [3.8, 4) is 0 Å². The van der Waals surface area contributed by atoms with Crippen molar-refractivity contribution < 1.29 is 14.3 Å². The molecule has 2 aliphatic rings. The second kappa shape index (κ2) is 4.22. The third-order valence-electron chi connectivity index (χ3n) is 4.85. The predicted octanol–water partition coefficient (Wildman–Crippen LogP) is 2.91. The number of ether oxygens (including phenoxy) is 1. The Balaban J connectivity index is 2.05. The van der Waals surface area contributed by atoms with Crippen LogP contribution in [0.15, 0.2) is 0 Å². The van der Waals surface area contributed by atoms with Gasteiger partial charge in [-0.3, -0.25) is 4.79 Å². The van der Waals surface area contributed by atoms with Crippen molar-refractivity contribution >= 4 is 11.9 Å². The maximum absolute atomic E-state index is 12.2. The van der Waals surface area contributed by atoms with E-state index in [0.717, 1.165) is 12.8 Å². The molecule has 0 aromatic carbocycles. The Hall–Kier alpha value is -1.06. The van der Waals surface area contributed by atoms with Crippen LogP contribution >= 0.6 is 0 Å². The number of nitrogens with one attached hydrogen (secondary N) is 1. The van der Waals surface area contributed by atoms with Crippen molar-refractivity contribution in [1.82, 2.24) is 5.32 Å². The van der Waals surface area contributed by atoms with E-state index in [0.29, 0.717) is 18.9 Å². The van der Waals surface area contributed by atoms with Crippen LogP contribution in [0.2, 0.25) is 0 Å². The molecular weight excluding hydrogens is 242 g/mol. The molecule has 0 spiro atoms. The molecule has 0 unspecified atom stereocenters. The van der Waals surface area contributed by atoms with Crippen LogP contribution in [0, 0.1) is 16.7 Å². The first-order valence-corrected chi connectivity index (χ1v) is 7.07. The highest BCUT2D eigenvalue weighted by molar-refractivity contribution is 5.96. The third-order valence-corrected chi connectivity index (χ3v) is 4.85. The first-order valence-electron chi connectivity index (χ1n) is 7.07. The van der Waals surface area contributed by atoms with E-state index in [2.05, 4.69) is 19.2 Å². The lowest BCUT2D eigenvalue weighted by atomic mass is 9.76. The number of hydrogen-bond donors (Lipinski definition) is 1. The second-order valence-electron chi connectivity index (χ2n) is 7.75. The Bertz CT molecular complexity index is 408. The molecular formula is C15H25NO3. The monoisotopic (exact) mass is 267 g/mol. The Kier molecular flexibility index (Phi) is 3.19. The standard InChI is InChI=1S/C15H25NO3/c1-13(2,3)9-19-12(18)16-15-7-6-10(8-11(15)17)14(15,4)5/h10H,6-9H2,1-5H3,(H,16,18)/t10-,15-/m1/s1. The predicted molar refractivity (Wildman–Crippen MR) is 72.8 cm³/mol. The van der Waals surface area contributed by atoms with Gasteiger partial charge < -0.3 is 10.1 Å². The molecule has 2 aliphatic carbocycles. The van der Waals surface area contributed by atoms with Crippen LogP contribution < -0.4 is 5.32 Å². The molecule has 2 atom stereocenters. The number of carbonyl (C=O) groups is 2. The van der Waals surface area contributed by atoms with Gasteiger partial charge in [0.1, 0.15) is 5.54 Å². The summed E-state index contributed by atoms with van der Waals surface area (Å²) in [7, 11) is 0. The van der Waals surface area contributed by atoms with Crippen molar-refractivity contribution in [1.29, 1.82) is 0 Å². The van der Waals surface area contributed by atoms with Gasteiger partial charge in [-0.05, 0) is 29.6 Å². The van der Waals surface area contributed by atoms with Gasteiger partial charge in [-0.1, -0.05) is 34.6 Å². The van der Waals surface area contributed by atoms with Gasteiger partial charge in [0, 0.05) is 6.42 Å². The van der Waals surface area contributed by atoms with Crippen molar-refractivity contribution in [2.75, 3.05) is 6.61 Å². The van der Waals surface area contributed by atoms with Crippen molar-refractivity contribution in [3.05, 3.63) is 0 Å². The molecule has 0 radical (unpaired) electrons. The number of carbonyl (C=O) groups excluding carboxylic acids is 2. The minimum Gasteiger partial charge on any atom is -0.449 e. The maximum Gasteiger partial charge on any atom is 0.407 e. The van der Waals surface area contributed by atoms with Crippen LogP contribution in [0.3, 0.4) is 0 Å². The Morgan fingerprint density at radius 1 is 1.42 bits per heavy atom. The minimum absolute atomic E-state index is 0.0670. The van der Waals surface area contributed by atoms with Crippen molar-refractivity contribution in [3.63, 3.8) is 0 Å². The topological polar surface area (TPSA) is 55.4 Å². The molecule has 2 rings (SSSR count). The molecule has 108 valence electrons. The summed E-state index contributed by atoms with van der Waals surface area (Å²) < 4.78 is 5.25. The van der Waals surface area contributed by atoms with E-state index >= 15 is 0 Å². The lowest BCUT2D eigenvalue weighted by molar-refractivity contribution is -0.125. The van der Waals surface area contributed by atoms with E-state index in [-0.39, 0.29) is 16.6 Å². The number of alkyl carbamates (subject to hydrolysis) is 1. The van der Waals surface area contributed by atoms with Crippen LogP contribution in [0.1, 0.15) is 53.9 Å². The summed E-state index contributed by atoms with van der Waals surface area (Å²) in [4.78, 5) is 24.2. The third kappa shape index (κ3) is 2.26. The van der Waals surface area contributed by atoms with Gasteiger partial charge in [0.05, 0.1) is 6.61 Å². The van der Waals surface area contributed by atoms with Gasteiger partial charge in [-0.15, -0.1) is 0 Å². The SMILES string of the molecule is CC(C)(C)COC(=O)N[C@]12CC[C@H](CC1=O)C2(C)C. The molecule has 19 heavy (non-hydrogen) atoms. The minimum atomic E-state index is -0.702. The zero-order chi connectivity index (χ0) is 14.5. The van der Waals surface area contributed by atoms with Crippen LogP contribution in [0.5, 0.6) is 0 Å². The highest BCUT2D eigenvalue weighted by Crippen LogP contribution is 2.58. The van der Waals surface area contributed by atoms with Crippen molar-refractivity contribution in [2.45, 2.75) is 59.4 Å². The average molecular weight is 267 g/mol. The summed E-state index contributed by atoms with van der Waals surface area (Å²) in [6.07, 6.45) is 1.89. The second-order valence-corrected chi connectivity index (χ2v) is 7.75. The van der Waals surface area contributed by atoms with Gasteiger partial charge in [-0.2, -0.15) is 0 Å². The molecule has 1 amide bonds. The molecule has 1 N–H and O–H groups in total. The summed E-state index contributed by atoms with van der Waals surface area (Å²) in [6.45, 7) is 10.5. The number of Topliss-reactive ketones (excluding diaryl/α,β-unsaturated/α-hetero) is 1. The van der Waals surface area contributed by atoms with E-state index in [1.165, 1.54) is 0 Å². The molecule has 2 saturated carbocycles. The molecule has 2 bridgehead atoms. The fourth-order valence-corrected chi connectivity index (χ4v) is 3.46. The maximum atomic E-state index is 12.2. The summed E-state index contributed by atoms with van der Waals surface area (Å²) in [5, 5.41) is 2.89. The number of rotatable bonds is 2. The molecule has 0 aromatic heterocycles.